The van der Waals surface area contributed by atoms with Gasteiger partial charge in [-0.05, 0) is 41.1 Å². The Labute approximate surface area is 135 Å². The Morgan fingerprint density at radius 2 is 2.10 bits per heavy atom. The van der Waals surface area contributed by atoms with Crippen LogP contribution in [0.15, 0.2) is 20.0 Å². The lowest BCUT2D eigenvalue weighted by Gasteiger charge is -2.20. The summed E-state index contributed by atoms with van der Waals surface area (Å²) < 4.78 is 33.4. The lowest BCUT2D eigenvalue weighted by molar-refractivity contribution is 0.435. The van der Waals surface area contributed by atoms with E-state index in [0.717, 1.165) is 6.42 Å². The fourth-order valence-electron chi connectivity index (χ4n) is 2.15. The molecule has 2 rings (SSSR count). The van der Waals surface area contributed by atoms with Crippen LogP contribution in [0.25, 0.3) is 0 Å². The minimum Gasteiger partial charge on any atom is -0.452 e. The van der Waals surface area contributed by atoms with E-state index in [0.29, 0.717) is 18.3 Å². The maximum Gasteiger partial charge on any atom is 0.245 e. The van der Waals surface area contributed by atoms with Crippen molar-refractivity contribution in [3.8, 4) is 0 Å². The minimum absolute atomic E-state index is 0.0789. The third-order valence-electron chi connectivity index (χ3n) is 3.69. The molecule has 1 saturated carbocycles. The molecule has 1 aromatic heterocycles. The predicted molar refractivity (Wildman–Crippen MR) is 85.5 cm³/mol. The number of furan rings is 1. The zero-order chi connectivity index (χ0) is 15.6. The highest BCUT2D eigenvalue weighted by atomic mass is 79.9. The van der Waals surface area contributed by atoms with Crippen molar-refractivity contribution in [3.63, 3.8) is 0 Å². The maximum absolute atomic E-state index is 12.5. The molecule has 1 fully saturated rings. The van der Waals surface area contributed by atoms with Gasteiger partial charge in [-0.3, -0.25) is 0 Å². The van der Waals surface area contributed by atoms with Gasteiger partial charge in [0.1, 0.15) is 10.7 Å². The molecule has 1 aliphatic carbocycles. The number of hydrogen-bond acceptors (Lipinski definition) is 4. The molecule has 1 aromatic rings. The molecular weight excluding hydrogens is 356 g/mol. The second-order valence-corrected chi connectivity index (χ2v) is 8.29. The van der Waals surface area contributed by atoms with E-state index in [4.69, 9.17) is 4.42 Å². The Balaban J connectivity index is 2.10. The van der Waals surface area contributed by atoms with E-state index in [1.165, 1.54) is 12.8 Å². The van der Waals surface area contributed by atoms with E-state index in [-0.39, 0.29) is 21.5 Å². The van der Waals surface area contributed by atoms with Gasteiger partial charge in [0.25, 0.3) is 0 Å². The molecule has 7 heteroatoms. The molecule has 0 spiro atoms. The molecule has 1 aliphatic rings. The van der Waals surface area contributed by atoms with Crippen LogP contribution in [0.3, 0.4) is 0 Å². The van der Waals surface area contributed by atoms with E-state index < -0.39 is 10.0 Å². The molecule has 5 nitrogen and oxygen atoms in total. The largest absolute Gasteiger partial charge is 0.452 e. The monoisotopic (exact) mass is 378 g/mol. The van der Waals surface area contributed by atoms with Gasteiger partial charge in [-0.1, -0.05) is 20.8 Å². The van der Waals surface area contributed by atoms with Gasteiger partial charge in [0.05, 0.1) is 6.54 Å². The summed E-state index contributed by atoms with van der Waals surface area (Å²) in [5.74, 6) is 0.873. The second-order valence-electron chi connectivity index (χ2n) is 5.89. The summed E-state index contributed by atoms with van der Waals surface area (Å²) in [6.07, 6.45) is 3.12. The average Bonchev–Trinajstić information content (AvgIpc) is 3.15. The molecule has 120 valence electrons. The first-order valence-electron chi connectivity index (χ1n) is 7.37. The molecule has 2 N–H and O–H groups in total. The van der Waals surface area contributed by atoms with Gasteiger partial charge in [-0.2, -0.15) is 0 Å². The topological polar surface area (TPSA) is 71.3 Å². The van der Waals surface area contributed by atoms with E-state index in [9.17, 15) is 8.42 Å². The van der Waals surface area contributed by atoms with Crippen molar-refractivity contribution < 1.29 is 12.8 Å². The third-order valence-corrected chi connectivity index (χ3v) is 6.04. The Morgan fingerprint density at radius 1 is 1.43 bits per heavy atom. The molecule has 0 radical (unpaired) electrons. The molecule has 1 atom stereocenters. The van der Waals surface area contributed by atoms with Crippen LogP contribution >= 0.6 is 15.9 Å². The third kappa shape index (κ3) is 4.55. The van der Waals surface area contributed by atoms with Crippen LogP contribution in [0, 0.1) is 5.92 Å². The summed E-state index contributed by atoms with van der Waals surface area (Å²) in [7, 11) is -3.57. The highest BCUT2D eigenvalue weighted by Gasteiger charge is 2.27. The fraction of sp³-hybridized carbons (Fsp3) is 0.714. The van der Waals surface area contributed by atoms with Gasteiger partial charge in [0, 0.05) is 18.2 Å². The lowest BCUT2D eigenvalue weighted by atomic mass is 10.0. The zero-order valence-electron chi connectivity index (χ0n) is 12.6. The molecule has 0 aliphatic heterocycles. The van der Waals surface area contributed by atoms with Crippen LogP contribution in [0.4, 0.5) is 0 Å². The van der Waals surface area contributed by atoms with E-state index in [2.05, 4.69) is 26.0 Å². The number of hydrogen-bond donors (Lipinski definition) is 2. The molecule has 0 amide bonds. The van der Waals surface area contributed by atoms with Crippen LogP contribution < -0.4 is 10.0 Å². The first-order chi connectivity index (χ1) is 9.83. The van der Waals surface area contributed by atoms with E-state index >= 15 is 0 Å². The fourth-order valence-corrected chi connectivity index (χ4v) is 4.62. The number of sulfonamides is 1. The van der Waals surface area contributed by atoms with Crippen molar-refractivity contribution in [3.05, 3.63) is 16.5 Å². The van der Waals surface area contributed by atoms with Crippen molar-refractivity contribution in [1.29, 1.82) is 0 Å². The van der Waals surface area contributed by atoms with Crippen LogP contribution in [0.5, 0.6) is 0 Å². The van der Waals surface area contributed by atoms with E-state index in [1.807, 2.05) is 20.8 Å². The van der Waals surface area contributed by atoms with Crippen molar-refractivity contribution in [2.45, 2.75) is 63.6 Å². The zero-order valence-corrected chi connectivity index (χ0v) is 15.1. The number of rotatable bonds is 8. The molecule has 1 heterocycles. The molecule has 0 aromatic carbocycles. The smallest absolute Gasteiger partial charge is 0.245 e. The van der Waals surface area contributed by atoms with Gasteiger partial charge >= 0.3 is 0 Å². The summed E-state index contributed by atoms with van der Waals surface area (Å²) in [5, 5.41) is 3.31. The van der Waals surface area contributed by atoms with Gasteiger partial charge in [-0.25, -0.2) is 13.1 Å². The highest BCUT2D eigenvalue weighted by molar-refractivity contribution is 9.10. The average molecular weight is 379 g/mol. The molecule has 0 saturated heterocycles. The predicted octanol–water partition coefficient (Wildman–Crippen LogP) is 3.01. The second kappa shape index (κ2) is 6.81. The number of nitrogens with one attached hydrogen (secondary N) is 2. The Bertz CT molecular complexity index is 579. The lowest BCUT2D eigenvalue weighted by Crippen LogP contribution is -2.37. The standard InChI is InChI=1S/C14H23BrN2O3S/c1-4-12(9(2)3)17-21(18,19)13-7-11(20-14(13)15)8-16-10-5-6-10/h7,9-10,12,16-17H,4-6,8H2,1-3H3. The van der Waals surface area contributed by atoms with Gasteiger partial charge in [-0.15, -0.1) is 0 Å². The maximum atomic E-state index is 12.5. The quantitative estimate of drug-likeness (QED) is 0.729. The first-order valence-corrected chi connectivity index (χ1v) is 9.65. The van der Waals surface area contributed by atoms with Gasteiger partial charge < -0.3 is 9.73 Å². The highest BCUT2D eigenvalue weighted by Crippen LogP contribution is 2.28. The Kier molecular flexibility index (Phi) is 5.51. The van der Waals surface area contributed by atoms with Crippen LogP contribution in [0.1, 0.15) is 45.8 Å². The molecule has 1 unspecified atom stereocenters. The molecular formula is C14H23BrN2O3S. The SMILES string of the molecule is CCC(NS(=O)(=O)c1cc(CNC2CC2)oc1Br)C(C)C. The van der Waals surface area contributed by atoms with Gasteiger partial charge in [0.2, 0.25) is 10.0 Å². The van der Waals surface area contributed by atoms with Crippen LogP contribution in [-0.2, 0) is 16.6 Å². The summed E-state index contributed by atoms with van der Waals surface area (Å²) in [6.45, 7) is 6.54. The molecule has 0 bridgehead atoms. The minimum atomic E-state index is -3.57. The van der Waals surface area contributed by atoms with Crippen molar-refractivity contribution in [1.82, 2.24) is 10.0 Å². The van der Waals surface area contributed by atoms with Gasteiger partial charge in [0.15, 0.2) is 4.67 Å². The normalized spacial score (nSPS) is 17.4. The first kappa shape index (κ1) is 17.0. The summed E-state index contributed by atoms with van der Waals surface area (Å²) >= 11 is 3.21. The van der Waals surface area contributed by atoms with E-state index in [1.54, 1.807) is 6.07 Å². The number of halogens is 1. The summed E-state index contributed by atoms with van der Waals surface area (Å²) in [4.78, 5) is 0.175. The van der Waals surface area contributed by atoms with Crippen LogP contribution in [-0.4, -0.2) is 20.5 Å². The summed E-state index contributed by atoms with van der Waals surface area (Å²) in [6, 6.07) is 2.07. The Hall–Kier alpha value is -0.370. The van der Waals surface area contributed by atoms with Crippen LogP contribution in [0.2, 0.25) is 0 Å². The molecule has 21 heavy (non-hydrogen) atoms. The van der Waals surface area contributed by atoms with Crippen molar-refractivity contribution in [2.75, 3.05) is 0 Å². The van der Waals surface area contributed by atoms with Crippen molar-refractivity contribution >= 4 is 26.0 Å². The summed E-state index contributed by atoms with van der Waals surface area (Å²) in [5.41, 5.74) is 0. The van der Waals surface area contributed by atoms with Crippen molar-refractivity contribution in [2.24, 2.45) is 5.92 Å². The Morgan fingerprint density at radius 3 is 2.62 bits per heavy atom.